The predicted octanol–water partition coefficient (Wildman–Crippen LogP) is 3.87. The Kier molecular flexibility index (Phi) is 6.83. The lowest BCUT2D eigenvalue weighted by Gasteiger charge is -2.09. The zero-order chi connectivity index (χ0) is 18.2. The fourth-order valence-electron chi connectivity index (χ4n) is 2.25. The molecule has 0 atom stereocenters. The van der Waals surface area contributed by atoms with Crippen LogP contribution in [0.15, 0.2) is 42.5 Å². The van der Waals surface area contributed by atoms with E-state index in [2.05, 4.69) is 5.32 Å². The molecule has 2 aromatic carbocycles. The molecule has 0 unspecified atom stereocenters. The molecule has 0 fully saturated rings. The molecule has 0 aliphatic rings. The normalized spacial score (nSPS) is 10.7. The van der Waals surface area contributed by atoms with Gasteiger partial charge < -0.3 is 14.8 Å². The van der Waals surface area contributed by atoms with Gasteiger partial charge in [-0.3, -0.25) is 4.79 Å². The standard InChI is InChI=1S/C19H19ClFNO3/c1-24-17-8-6-13(12-18(17)25-2)10-11-22-19(23)9-7-14-15(20)4-3-5-16(14)21/h3-9,12H,10-11H2,1-2H3,(H,22,23). The zero-order valence-electron chi connectivity index (χ0n) is 14.0. The molecule has 0 aliphatic carbocycles. The highest BCUT2D eigenvalue weighted by atomic mass is 35.5. The predicted molar refractivity (Wildman–Crippen MR) is 96.7 cm³/mol. The van der Waals surface area contributed by atoms with E-state index >= 15 is 0 Å². The molecule has 2 aromatic rings. The molecule has 4 nitrogen and oxygen atoms in total. The van der Waals surface area contributed by atoms with Crippen molar-refractivity contribution in [2.24, 2.45) is 0 Å². The Morgan fingerprint density at radius 1 is 1.20 bits per heavy atom. The van der Waals surface area contributed by atoms with Crippen LogP contribution in [0.3, 0.4) is 0 Å². The van der Waals surface area contributed by atoms with Crippen LogP contribution >= 0.6 is 11.6 Å². The summed E-state index contributed by atoms with van der Waals surface area (Å²) in [5.74, 6) is 0.502. The number of hydrogen-bond donors (Lipinski definition) is 1. The van der Waals surface area contributed by atoms with Gasteiger partial charge in [-0.05, 0) is 42.3 Å². The zero-order valence-corrected chi connectivity index (χ0v) is 14.8. The third-order valence-corrected chi connectivity index (χ3v) is 3.89. The van der Waals surface area contributed by atoms with E-state index in [4.69, 9.17) is 21.1 Å². The van der Waals surface area contributed by atoms with E-state index in [0.29, 0.717) is 24.5 Å². The van der Waals surface area contributed by atoms with Gasteiger partial charge in [-0.15, -0.1) is 0 Å². The van der Waals surface area contributed by atoms with Gasteiger partial charge in [0.2, 0.25) is 5.91 Å². The Bertz CT molecular complexity index is 757. The SMILES string of the molecule is COc1ccc(CCNC(=O)C=Cc2c(F)cccc2Cl)cc1OC. The number of halogens is 2. The van der Waals surface area contributed by atoms with E-state index in [1.165, 1.54) is 24.3 Å². The molecule has 0 saturated heterocycles. The van der Waals surface area contributed by atoms with Crippen molar-refractivity contribution in [3.05, 3.63) is 64.4 Å². The Morgan fingerprint density at radius 3 is 2.64 bits per heavy atom. The average molecular weight is 364 g/mol. The van der Waals surface area contributed by atoms with Gasteiger partial charge in [0.05, 0.1) is 19.2 Å². The number of benzene rings is 2. The fourth-order valence-corrected chi connectivity index (χ4v) is 2.48. The Labute approximate surface area is 151 Å². The molecule has 0 spiro atoms. The minimum atomic E-state index is -0.470. The second kappa shape index (κ2) is 9.08. The highest BCUT2D eigenvalue weighted by Gasteiger charge is 2.06. The van der Waals surface area contributed by atoms with E-state index in [-0.39, 0.29) is 16.5 Å². The largest absolute Gasteiger partial charge is 0.493 e. The number of nitrogens with one attached hydrogen (secondary N) is 1. The Hall–Kier alpha value is -2.53. The van der Waals surface area contributed by atoms with Crippen molar-refractivity contribution in [1.82, 2.24) is 5.32 Å². The smallest absolute Gasteiger partial charge is 0.244 e. The highest BCUT2D eigenvalue weighted by Crippen LogP contribution is 2.27. The first-order chi connectivity index (χ1) is 12.0. The molecule has 1 N–H and O–H groups in total. The van der Waals surface area contributed by atoms with Gasteiger partial charge in [-0.1, -0.05) is 23.7 Å². The lowest BCUT2D eigenvalue weighted by atomic mass is 10.1. The average Bonchev–Trinajstić information content (AvgIpc) is 2.61. The van der Waals surface area contributed by atoms with Crippen LogP contribution in [0.25, 0.3) is 6.08 Å². The molecular weight excluding hydrogens is 345 g/mol. The molecule has 6 heteroatoms. The molecular formula is C19H19ClFNO3. The van der Waals surface area contributed by atoms with E-state index in [1.54, 1.807) is 20.3 Å². The van der Waals surface area contributed by atoms with Crippen molar-refractivity contribution in [2.75, 3.05) is 20.8 Å². The first-order valence-electron chi connectivity index (χ1n) is 7.66. The number of ether oxygens (including phenoxy) is 2. The van der Waals surface area contributed by atoms with E-state index in [0.717, 1.165) is 5.56 Å². The van der Waals surface area contributed by atoms with E-state index < -0.39 is 5.82 Å². The second-order valence-electron chi connectivity index (χ2n) is 5.20. The van der Waals surface area contributed by atoms with Gasteiger partial charge in [0.15, 0.2) is 11.5 Å². The van der Waals surface area contributed by atoms with Crippen LogP contribution in [-0.4, -0.2) is 26.7 Å². The number of amides is 1. The topological polar surface area (TPSA) is 47.6 Å². The number of rotatable bonds is 7. The van der Waals surface area contributed by atoms with Crippen molar-refractivity contribution in [3.8, 4) is 11.5 Å². The molecule has 132 valence electrons. The summed E-state index contributed by atoms with van der Waals surface area (Å²) in [5.41, 5.74) is 1.19. The molecule has 0 aliphatic heterocycles. The molecule has 0 bridgehead atoms. The minimum absolute atomic E-state index is 0.194. The molecule has 1 amide bonds. The van der Waals surface area contributed by atoms with Gasteiger partial charge >= 0.3 is 0 Å². The lowest BCUT2D eigenvalue weighted by Crippen LogP contribution is -2.23. The second-order valence-corrected chi connectivity index (χ2v) is 5.61. The summed E-state index contributed by atoms with van der Waals surface area (Å²) in [4.78, 5) is 11.8. The van der Waals surface area contributed by atoms with Crippen LogP contribution in [0.2, 0.25) is 5.02 Å². The van der Waals surface area contributed by atoms with Crippen LogP contribution in [0.4, 0.5) is 4.39 Å². The Morgan fingerprint density at radius 2 is 1.96 bits per heavy atom. The first kappa shape index (κ1) is 18.8. The summed E-state index contributed by atoms with van der Waals surface area (Å²) < 4.78 is 24.0. The molecule has 0 heterocycles. The fraction of sp³-hybridized carbons (Fsp3) is 0.211. The van der Waals surface area contributed by atoms with Gasteiger partial charge in [-0.2, -0.15) is 0 Å². The monoisotopic (exact) mass is 363 g/mol. The summed E-state index contributed by atoms with van der Waals surface area (Å²) in [6, 6.07) is 9.95. The van der Waals surface area contributed by atoms with Crippen LogP contribution in [0.1, 0.15) is 11.1 Å². The minimum Gasteiger partial charge on any atom is -0.493 e. The molecule has 0 radical (unpaired) electrons. The van der Waals surface area contributed by atoms with Gasteiger partial charge in [0.1, 0.15) is 5.82 Å². The summed E-state index contributed by atoms with van der Waals surface area (Å²) in [7, 11) is 3.15. The number of hydrogen-bond acceptors (Lipinski definition) is 3. The number of carbonyl (C=O) groups is 1. The summed E-state index contributed by atoms with van der Waals surface area (Å²) >= 11 is 5.91. The van der Waals surface area contributed by atoms with Crippen molar-refractivity contribution in [2.45, 2.75) is 6.42 Å². The maximum atomic E-state index is 13.6. The Balaban J connectivity index is 1.89. The van der Waals surface area contributed by atoms with Crippen molar-refractivity contribution >= 4 is 23.6 Å². The molecule has 25 heavy (non-hydrogen) atoms. The maximum absolute atomic E-state index is 13.6. The summed E-state index contributed by atoms with van der Waals surface area (Å²) in [6.07, 6.45) is 3.25. The van der Waals surface area contributed by atoms with Crippen LogP contribution in [-0.2, 0) is 11.2 Å². The molecule has 0 saturated carbocycles. The van der Waals surface area contributed by atoms with Crippen LogP contribution in [0, 0.1) is 5.82 Å². The van der Waals surface area contributed by atoms with Crippen LogP contribution in [0.5, 0.6) is 11.5 Å². The third kappa shape index (κ3) is 5.22. The van der Waals surface area contributed by atoms with Gasteiger partial charge in [-0.25, -0.2) is 4.39 Å². The van der Waals surface area contributed by atoms with Crippen LogP contribution < -0.4 is 14.8 Å². The van der Waals surface area contributed by atoms with Crippen molar-refractivity contribution < 1.29 is 18.7 Å². The quantitative estimate of drug-likeness (QED) is 0.760. The third-order valence-electron chi connectivity index (χ3n) is 3.56. The first-order valence-corrected chi connectivity index (χ1v) is 8.03. The molecule has 0 aromatic heterocycles. The number of carbonyl (C=O) groups excluding carboxylic acids is 1. The molecule has 2 rings (SSSR count). The number of methoxy groups -OCH3 is 2. The van der Waals surface area contributed by atoms with E-state index in [9.17, 15) is 9.18 Å². The summed E-state index contributed by atoms with van der Waals surface area (Å²) in [5, 5.41) is 3.00. The maximum Gasteiger partial charge on any atom is 0.244 e. The van der Waals surface area contributed by atoms with Crippen molar-refractivity contribution in [3.63, 3.8) is 0 Å². The van der Waals surface area contributed by atoms with Gasteiger partial charge in [0.25, 0.3) is 0 Å². The highest BCUT2D eigenvalue weighted by molar-refractivity contribution is 6.32. The lowest BCUT2D eigenvalue weighted by molar-refractivity contribution is -0.116. The summed E-state index contributed by atoms with van der Waals surface area (Å²) in [6.45, 7) is 0.434. The van der Waals surface area contributed by atoms with E-state index in [1.807, 2.05) is 18.2 Å². The van der Waals surface area contributed by atoms with Gasteiger partial charge in [0, 0.05) is 18.2 Å². The van der Waals surface area contributed by atoms with Crippen molar-refractivity contribution in [1.29, 1.82) is 0 Å².